The van der Waals surface area contributed by atoms with E-state index < -0.39 is 35.2 Å². The van der Waals surface area contributed by atoms with Gasteiger partial charge in [0.25, 0.3) is 0 Å². The molecule has 0 radical (unpaired) electrons. The molecule has 25 heavy (non-hydrogen) atoms. The van der Waals surface area contributed by atoms with Gasteiger partial charge in [0.1, 0.15) is 17.2 Å². The summed E-state index contributed by atoms with van der Waals surface area (Å²) in [7, 11) is 0. The molecule has 0 aliphatic rings. The Labute approximate surface area is 150 Å². The number of rotatable bonds is 5. The molecule has 1 aromatic carbocycles. The standard InChI is InChI=1S/C20H29NO4/c1-8-15(14-12-10-9-11-13-14)16(17(22)24-19(2,3)4)21-18(23)25-20(5,6)7/h8-13,15-16H,1H2,2-7H3,(H,21,23)/t15-,16-/m0/s1. The second-order valence-corrected chi connectivity index (χ2v) is 7.83. The highest BCUT2D eigenvalue weighted by atomic mass is 16.6. The number of carbonyl (C=O) groups is 2. The summed E-state index contributed by atoms with van der Waals surface area (Å²) in [6.07, 6.45) is 0.951. The SMILES string of the molecule is C=C[C@@H](c1ccccc1)[C@H](NC(=O)OC(C)(C)C)C(=O)OC(C)(C)C. The molecule has 0 saturated heterocycles. The van der Waals surface area contributed by atoms with Crippen LogP contribution in [0.5, 0.6) is 0 Å². The average Bonchev–Trinajstić information content (AvgIpc) is 2.44. The molecule has 0 heterocycles. The van der Waals surface area contributed by atoms with E-state index in [1.54, 1.807) is 47.6 Å². The molecule has 0 aromatic heterocycles. The molecule has 2 atom stereocenters. The van der Waals surface area contributed by atoms with Gasteiger partial charge in [0.15, 0.2) is 0 Å². The van der Waals surface area contributed by atoms with Gasteiger partial charge >= 0.3 is 12.1 Å². The lowest BCUT2D eigenvalue weighted by Gasteiger charge is -2.29. The summed E-state index contributed by atoms with van der Waals surface area (Å²) >= 11 is 0. The quantitative estimate of drug-likeness (QED) is 0.641. The lowest BCUT2D eigenvalue weighted by atomic mass is 9.91. The van der Waals surface area contributed by atoms with Gasteiger partial charge in [0.05, 0.1) is 0 Å². The van der Waals surface area contributed by atoms with E-state index in [1.807, 2.05) is 30.3 Å². The highest BCUT2D eigenvalue weighted by molar-refractivity contribution is 5.83. The normalized spacial score (nSPS) is 14.2. The molecule has 5 heteroatoms. The van der Waals surface area contributed by atoms with Crippen molar-refractivity contribution in [1.29, 1.82) is 0 Å². The van der Waals surface area contributed by atoms with Crippen LogP contribution in [-0.2, 0) is 14.3 Å². The molecule has 1 amide bonds. The van der Waals surface area contributed by atoms with Crippen LogP contribution in [0.2, 0.25) is 0 Å². The lowest BCUT2D eigenvalue weighted by Crippen LogP contribution is -2.48. The van der Waals surface area contributed by atoms with Gasteiger partial charge in [-0.15, -0.1) is 6.58 Å². The second kappa shape index (κ2) is 8.19. The van der Waals surface area contributed by atoms with Gasteiger partial charge in [-0.1, -0.05) is 36.4 Å². The van der Waals surface area contributed by atoms with Crippen LogP contribution in [0.4, 0.5) is 4.79 Å². The predicted molar refractivity (Wildman–Crippen MR) is 98.4 cm³/mol. The van der Waals surface area contributed by atoms with Crippen LogP contribution in [0, 0.1) is 0 Å². The fraction of sp³-hybridized carbons (Fsp3) is 0.500. The summed E-state index contributed by atoms with van der Waals surface area (Å²) in [6.45, 7) is 14.4. The Morgan fingerprint density at radius 3 is 1.96 bits per heavy atom. The van der Waals surface area contributed by atoms with Crippen molar-refractivity contribution in [2.24, 2.45) is 0 Å². The number of hydrogen-bond donors (Lipinski definition) is 1. The molecule has 0 saturated carbocycles. The number of hydrogen-bond acceptors (Lipinski definition) is 4. The van der Waals surface area contributed by atoms with Gasteiger partial charge in [-0.2, -0.15) is 0 Å². The van der Waals surface area contributed by atoms with E-state index >= 15 is 0 Å². The number of ether oxygens (including phenoxy) is 2. The van der Waals surface area contributed by atoms with Crippen LogP contribution in [0.25, 0.3) is 0 Å². The molecule has 1 aromatic rings. The van der Waals surface area contributed by atoms with Crippen molar-refractivity contribution in [2.75, 3.05) is 0 Å². The average molecular weight is 347 g/mol. The molecule has 5 nitrogen and oxygen atoms in total. The topological polar surface area (TPSA) is 64.6 Å². The Balaban J connectivity index is 3.11. The number of esters is 1. The molecule has 0 bridgehead atoms. The Morgan fingerprint density at radius 2 is 1.52 bits per heavy atom. The van der Waals surface area contributed by atoms with Crippen molar-refractivity contribution < 1.29 is 19.1 Å². The first kappa shape index (κ1) is 20.7. The fourth-order valence-electron chi connectivity index (χ4n) is 2.23. The third-order valence-corrected chi connectivity index (χ3v) is 3.13. The number of amides is 1. The predicted octanol–water partition coefficient (Wildman–Crippen LogP) is 4.19. The van der Waals surface area contributed by atoms with Crippen LogP contribution in [0.15, 0.2) is 43.0 Å². The minimum atomic E-state index is -0.936. The lowest BCUT2D eigenvalue weighted by molar-refractivity contribution is -0.157. The number of carbonyl (C=O) groups excluding carboxylic acids is 2. The molecule has 0 fully saturated rings. The zero-order valence-corrected chi connectivity index (χ0v) is 16.0. The summed E-state index contributed by atoms with van der Waals surface area (Å²) in [4.78, 5) is 24.9. The van der Waals surface area contributed by atoms with Crippen LogP contribution >= 0.6 is 0 Å². The Kier molecular flexibility index (Phi) is 6.79. The van der Waals surface area contributed by atoms with Crippen molar-refractivity contribution in [3.63, 3.8) is 0 Å². The van der Waals surface area contributed by atoms with Crippen molar-refractivity contribution in [3.05, 3.63) is 48.6 Å². The first-order valence-electron chi connectivity index (χ1n) is 8.33. The van der Waals surface area contributed by atoms with Gasteiger partial charge in [-0.3, -0.25) is 0 Å². The summed E-state index contributed by atoms with van der Waals surface area (Å²) in [5, 5.41) is 2.64. The van der Waals surface area contributed by atoms with Crippen molar-refractivity contribution in [2.45, 2.75) is 64.7 Å². The first-order chi connectivity index (χ1) is 11.4. The summed E-state index contributed by atoms with van der Waals surface area (Å²) < 4.78 is 10.8. The third-order valence-electron chi connectivity index (χ3n) is 3.13. The number of alkyl carbamates (subject to hydrolysis) is 1. The van der Waals surface area contributed by atoms with E-state index in [2.05, 4.69) is 11.9 Å². The minimum Gasteiger partial charge on any atom is -0.458 e. The third kappa shape index (κ3) is 7.42. The second-order valence-electron chi connectivity index (χ2n) is 7.83. The smallest absolute Gasteiger partial charge is 0.408 e. The van der Waals surface area contributed by atoms with Crippen LogP contribution in [0.1, 0.15) is 53.0 Å². The molecule has 0 aliphatic carbocycles. The highest BCUT2D eigenvalue weighted by Gasteiger charge is 2.34. The van der Waals surface area contributed by atoms with Gasteiger partial charge in [0, 0.05) is 5.92 Å². The molecule has 0 spiro atoms. The molecule has 0 aliphatic heterocycles. The number of benzene rings is 1. The minimum absolute atomic E-state index is 0.441. The highest BCUT2D eigenvalue weighted by Crippen LogP contribution is 2.24. The summed E-state index contributed by atoms with van der Waals surface area (Å²) in [5.41, 5.74) is -0.490. The summed E-state index contributed by atoms with van der Waals surface area (Å²) in [6, 6.07) is 8.43. The molecule has 0 unspecified atom stereocenters. The zero-order chi connectivity index (χ0) is 19.3. The van der Waals surface area contributed by atoms with Crippen molar-refractivity contribution in [3.8, 4) is 0 Å². The number of nitrogens with one attached hydrogen (secondary N) is 1. The largest absolute Gasteiger partial charge is 0.458 e. The van der Waals surface area contributed by atoms with Gasteiger partial charge in [-0.05, 0) is 47.1 Å². The first-order valence-corrected chi connectivity index (χ1v) is 8.33. The maximum Gasteiger partial charge on any atom is 0.408 e. The van der Waals surface area contributed by atoms with Crippen LogP contribution < -0.4 is 5.32 Å². The Bertz CT molecular complexity index is 596. The van der Waals surface area contributed by atoms with Gasteiger partial charge < -0.3 is 14.8 Å². The van der Waals surface area contributed by atoms with Gasteiger partial charge in [-0.25, -0.2) is 9.59 Å². The van der Waals surface area contributed by atoms with E-state index in [0.29, 0.717) is 0 Å². The monoisotopic (exact) mass is 347 g/mol. The van der Waals surface area contributed by atoms with E-state index in [-0.39, 0.29) is 0 Å². The molecular formula is C20H29NO4. The summed E-state index contributed by atoms with van der Waals surface area (Å²) in [5.74, 6) is -0.976. The van der Waals surface area contributed by atoms with Crippen LogP contribution in [0.3, 0.4) is 0 Å². The fourth-order valence-corrected chi connectivity index (χ4v) is 2.23. The van der Waals surface area contributed by atoms with E-state index in [1.165, 1.54) is 0 Å². The zero-order valence-electron chi connectivity index (χ0n) is 16.0. The molecule has 138 valence electrons. The molecule has 1 N–H and O–H groups in total. The van der Waals surface area contributed by atoms with E-state index in [4.69, 9.17) is 9.47 Å². The Morgan fingerprint density at radius 1 is 1.00 bits per heavy atom. The maximum absolute atomic E-state index is 12.7. The van der Waals surface area contributed by atoms with E-state index in [0.717, 1.165) is 5.56 Å². The maximum atomic E-state index is 12.7. The van der Waals surface area contributed by atoms with Crippen molar-refractivity contribution >= 4 is 12.1 Å². The van der Waals surface area contributed by atoms with E-state index in [9.17, 15) is 9.59 Å². The molecular weight excluding hydrogens is 318 g/mol. The molecule has 1 rings (SSSR count). The van der Waals surface area contributed by atoms with Gasteiger partial charge in [0.2, 0.25) is 0 Å². The van der Waals surface area contributed by atoms with Crippen molar-refractivity contribution in [1.82, 2.24) is 5.32 Å². The Hall–Kier alpha value is -2.30. The van der Waals surface area contributed by atoms with Crippen LogP contribution in [-0.4, -0.2) is 29.3 Å².